The van der Waals surface area contributed by atoms with Crippen LogP contribution in [0.5, 0.6) is 0 Å². The molecule has 0 aliphatic carbocycles. The number of nitrogens with one attached hydrogen (secondary N) is 2. The number of hydrogen-bond donors (Lipinski definition) is 3. The topological polar surface area (TPSA) is 87.7 Å². The summed E-state index contributed by atoms with van der Waals surface area (Å²) in [6.07, 6.45) is -0.170. The van der Waals surface area contributed by atoms with Gasteiger partial charge in [-0.3, -0.25) is 4.79 Å². The zero-order valence-electron chi connectivity index (χ0n) is 11.1. The maximum atomic E-state index is 11.9. The van der Waals surface area contributed by atoms with Crippen LogP contribution in [0, 0.1) is 11.8 Å². The predicted molar refractivity (Wildman–Crippen MR) is 65.8 cm³/mol. The fraction of sp³-hybridized carbons (Fsp3) is 0.833. The molecule has 0 spiro atoms. The van der Waals surface area contributed by atoms with Crippen molar-refractivity contribution in [3.63, 3.8) is 0 Å². The van der Waals surface area contributed by atoms with Gasteiger partial charge in [0.25, 0.3) is 0 Å². The second-order valence-corrected chi connectivity index (χ2v) is 5.05. The van der Waals surface area contributed by atoms with Crippen LogP contribution in [0.4, 0.5) is 0 Å². The minimum atomic E-state index is -0.692. The van der Waals surface area contributed by atoms with E-state index in [0.29, 0.717) is 19.5 Å². The van der Waals surface area contributed by atoms with Gasteiger partial charge in [-0.25, -0.2) is 4.79 Å². The number of aliphatic hydroxyl groups is 1. The second-order valence-electron chi connectivity index (χ2n) is 5.05. The Morgan fingerprint density at radius 2 is 2.11 bits per heavy atom. The zero-order chi connectivity index (χ0) is 13.7. The molecule has 0 aromatic carbocycles. The molecule has 3 N–H and O–H groups in total. The standard InChI is InChI=1S/C12H22N2O4/c1-7(2)4-9(12(17)18-3)14-11(16)8-5-13-6-10(8)15/h7-10,13,15H,4-6H2,1-3H3,(H,14,16)/t8-,9+,10-/m1/s1. The van der Waals surface area contributed by atoms with Crippen molar-refractivity contribution in [2.75, 3.05) is 20.2 Å². The van der Waals surface area contributed by atoms with Crippen molar-refractivity contribution in [3.05, 3.63) is 0 Å². The SMILES string of the molecule is COC(=O)[C@H](CC(C)C)NC(=O)[C@@H]1CNC[C@H]1O. The summed E-state index contributed by atoms with van der Waals surface area (Å²) in [5.74, 6) is -0.980. The highest BCUT2D eigenvalue weighted by Gasteiger charge is 2.34. The summed E-state index contributed by atoms with van der Waals surface area (Å²) >= 11 is 0. The lowest BCUT2D eigenvalue weighted by molar-refractivity contribution is -0.146. The highest BCUT2D eigenvalue weighted by molar-refractivity contribution is 5.86. The van der Waals surface area contributed by atoms with Gasteiger partial charge in [0.15, 0.2) is 0 Å². The number of carbonyl (C=O) groups excluding carboxylic acids is 2. The summed E-state index contributed by atoms with van der Waals surface area (Å²) in [4.78, 5) is 23.5. The largest absolute Gasteiger partial charge is 0.467 e. The van der Waals surface area contributed by atoms with Gasteiger partial charge >= 0.3 is 5.97 Å². The van der Waals surface area contributed by atoms with E-state index in [4.69, 9.17) is 0 Å². The molecule has 1 heterocycles. The Labute approximate surface area is 107 Å². The van der Waals surface area contributed by atoms with E-state index in [1.54, 1.807) is 0 Å². The van der Waals surface area contributed by atoms with Crippen LogP contribution < -0.4 is 10.6 Å². The fourth-order valence-corrected chi connectivity index (χ4v) is 2.04. The molecular weight excluding hydrogens is 236 g/mol. The Hall–Kier alpha value is -1.14. The van der Waals surface area contributed by atoms with Crippen LogP contribution in [-0.2, 0) is 14.3 Å². The monoisotopic (exact) mass is 258 g/mol. The summed E-state index contributed by atoms with van der Waals surface area (Å²) in [6.45, 7) is 4.77. The first kappa shape index (κ1) is 14.9. The molecule has 0 bridgehead atoms. The van der Waals surface area contributed by atoms with E-state index in [2.05, 4.69) is 15.4 Å². The van der Waals surface area contributed by atoms with Crippen LogP contribution in [-0.4, -0.2) is 49.3 Å². The van der Waals surface area contributed by atoms with Gasteiger partial charge in [0.05, 0.1) is 19.1 Å². The zero-order valence-corrected chi connectivity index (χ0v) is 11.1. The number of methoxy groups -OCH3 is 1. The molecule has 1 aliphatic rings. The maximum Gasteiger partial charge on any atom is 0.328 e. The summed E-state index contributed by atoms with van der Waals surface area (Å²) in [6, 6.07) is -0.643. The molecule has 0 unspecified atom stereocenters. The maximum absolute atomic E-state index is 11.9. The number of aliphatic hydroxyl groups excluding tert-OH is 1. The first-order valence-electron chi connectivity index (χ1n) is 6.22. The summed E-state index contributed by atoms with van der Waals surface area (Å²) in [7, 11) is 1.30. The van der Waals surface area contributed by atoms with Gasteiger partial charge in [-0.05, 0) is 12.3 Å². The molecule has 0 aromatic heterocycles. The molecule has 0 aromatic rings. The average Bonchev–Trinajstić information content (AvgIpc) is 2.73. The third kappa shape index (κ3) is 3.96. The lowest BCUT2D eigenvalue weighted by Gasteiger charge is -2.21. The second kappa shape index (κ2) is 6.70. The number of amides is 1. The molecule has 1 saturated heterocycles. The molecule has 1 aliphatic heterocycles. The van der Waals surface area contributed by atoms with Crippen LogP contribution in [0.1, 0.15) is 20.3 Å². The molecule has 0 saturated carbocycles. The van der Waals surface area contributed by atoms with Gasteiger partial charge in [0, 0.05) is 13.1 Å². The van der Waals surface area contributed by atoms with E-state index in [-0.39, 0.29) is 11.8 Å². The molecule has 18 heavy (non-hydrogen) atoms. The van der Waals surface area contributed by atoms with Crippen LogP contribution in [0.25, 0.3) is 0 Å². The molecule has 6 nitrogen and oxygen atoms in total. The number of rotatable bonds is 5. The van der Waals surface area contributed by atoms with Gasteiger partial charge < -0.3 is 20.5 Å². The van der Waals surface area contributed by atoms with Crippen LogP contribution in [0.15, 0.2) is 0 Å². The van der Waals surface area contributed by atoms with Gasteiger partial charge in [0.1, 0.15) is 6.04 Å². The summed E-state index contributed by atoms with van der Waals surface area (Å²) in [5, 5.41) is 15.2. The minimum absolute atomic E-state index is 0.265. The normalized spacial score (nSPS) is 24.9. The van der Waals surface area contributed by atoms with Gasteiger partial charge in [-0.1, -0.05) is 13.8 Å². The third-order valence-corrected chi connectivity index (χ3v) is 3.03. The number of hydrogen-bond acceptors (Lipinski definition) is 5. The molecule has 1 rings (SSSR count). The number of carbonyl (C=O) groups is 2. The molecule has 6 heteroatoms. The fourth-order valence-electron chi connectivity index (χ4n) is 2.04. The van der Waals surface area contributed by atoms with Crippen LogP contribution >= 0.6 is 0 Å². The summed E-state index contributed by atoms with van der Waals surface area (Å²) in [5.41, 5.74) is 0. The quantitative estimate of drug-likeness (QED) is 0.566. The van der Waals surface area contributed by atoms with Crippen LogP contribution in [0.3, 0.4) is 0 Å². The average molecular weight is 258 g/mol. The van der Waals surface area contributed by atoms with Crippen molar-refractivity contribution in [1.29, 1.82) is 0 Å². The van der Waals surface area contributed by atoms with Crippen molar-refractivity contribution in [3.8, 4) is 0 Å². The highest BCUT2D eigenvalue weighted by Crippen LogP contribution is 2.11. The first-order valence-corrected chi connectivity index (χ1v) is 6.22. The lowest BCUT2D eigenvalue weighted by atomic mass is 10.0. The molecule has 0 radical (unpaired) electrons. The molecule has 1 fully saturated rings. The molecule has 3 atom stereocenters. The third-order valence-electron chi connectivity index (χ3n) is 3.03. The Balaban J connectivity index is 2.59. The van der Waals surface area contributed by atoms with Gasteiger partial charge in [0.2, 0.25) is 5.91 Å². The van der Waals surface area contributed by atoms with Gasteiger partial charge in [-0.15, -0.1) is 0 Å². The van der Waals surface area contributed by atoms with Crippen molar-refractivity contribution in [2.45, 2.75) is 32.4 Å². The number of β-amino-alcohol motifs (C(OH)–C–C–N with tert-alkyl or cyclic N) is 1. The predicted octanol–water partition coefficient (Wildman–Crippen LogP) is -0.729. The van der Waals surface area contributed by atoms with E-state index in [1.165, 1.54) is 7.11 Å². The smallest absolute Gasteiger partial charge is 0.328 e. The van der Waals surface area contributed by atoms with E-state index < -0.39 is 24.0 Å². The molecule has 104 valence electrons. The van der Waals surface area contributed by atoms with Crippen molar-refractivity contribution < 1.29 is 19.4 Å². The molecular formula is C12H22N2O4. The lowest BCUT2D eigenvalue weighted by Crippen LogP contribution is -2.47. The van der Waals surface area contributed by atoms with Crippen molar-refractivity contribution in [2.24, 2.45) is 11.8 Å². The van der Waals surface area contributed by atoms with Gasteiger partial charge in [-0.2, -0.15) is 0 Å². The highest BCUT2D eigenvalue weighted by atomic mass is 16.5. The first-order chi connectivity index (χ1) is 8.45. The van der Waals surface area contributed by atoms with Crippen LogP contribution in [0.2, 0.25) is 0 Å². The van der Waals surface area contributed by atoms with Crippen molar-refractivity contribution in [1.82, 2.24) is 10.6 Å². The Kier molecular flexibility index (Phi) is 5.55. The van der Waals surface area contributed by atoms with Crippen molar-refractivity contribution >= 4 is 11.9 Å². The Morgan fingerprint density at radius 1 is 1.44 bits per heavy atom. The number of esters is 1. The summed E-state index contributed by atoms with van der Waals surface area (Å²) < 4.78 is 4.67. The van der Waals surface area contributed by atoms with E-state index in [1.807, 2.05) is 13.8 Å². The Morgan fingerprint density at radius 3 is 2.56 bits per heavy atom. The number of ether oxygens (including phenoxy) is 1. The van der Waals surface area contributed by atoms with E-state index in [0.717, 1.165) is 0 Å². The van der Waals surface area contributed by atoms with E-state index >= 15 is 0 Å². The minimum Gasteiger partial charge on any atom is -0.467 e. The molecule has 1 amide bonds. The Bertz CT molecular complexity index is 306. The van der Waals surface area contributed by atoms with E-state index in [9.17, 15) is 14.7 Å².